The number of aryl methyl sites for hydroxylation is 1. The number of benzene rings is 2. The zero-order valence-electron chi connectivity index (χ0n) is 16.4. The lowest BCUT2D eigenvalue weighted by atomic mass is 9.99. The maximum Gasteiger partial charge on any atom is 0.212 e. The lowest BCUT2D eigenvalue weighted by Crippen LogP contribution is -1.97. The molecule has 30 heavy (non-hydrogen) atoms. The van der Waals surface area contributed by atoms with Crippen molar-refractivity contribution in [1.82, 2.24) is 14.4 Å². The molecular weight excluding hydrogens is 375 g/mol. The van der Waals surface area contributed by atoms with Gasteiger partial charge in [0.2, 0.25) is 5.95 Å². The van der Waals surface area contributed by atoms with Crippen LogP contribution in [0.1, 0.15) is 5.56 Å². The number of nitrogens with one attached hydrogen (secondary N) is 1. The van der Waals surface area contributed by atoms with E-state index < -0.39 is 0 Å². The summed E-state index contributed by atoms with van der Waals surface area (Å²) in [5, 5.41) is 3.36. The van der Waals surface area contributed by atoms with E-state index in [-0.39, 0.29) is 5.82 Å². The SMILES string of the molecule is Cc1cc(-c2ncccc2-c2ccc3cnc(Nc4ccccc4)n3c2)ccc1F. The predicted octanol–water partition coefficient (Wildman–Crippen LogP) is 6.25. The Bertz CT molecular complexity index is 1340. The van der Waals surface area contributed by atoms with Crippen molar-refractivity contribution in [1.29, 1.82) is 0 Å². The Hall–Kier alpha value is -3.99. The van der Waals surface area contributed by atoms with Crippen molar-refractivity contribution in [3.63, 3.8) is 0 Å². The molecule has 1 N–H and O–H groups in total. The average molecular weight is 394 g/mol. The fraction of sp³-hybridized carbons (Fsp3) is 0.0400. The number of nitrogens with zero attached hydrogens (tertiary/aromatic N) is 3. The van der Waals surface area contributed by atoms with Crippen molar-refractivity contribution in [2.75, 3.05) is 5.32 Å². The number of aromatic nitrogens is 3. The number of anilines is 2. The van der Waals surface area contributed by atoms with Crippen LogP contribution in [0.2, 0.25) is 0 Å². The number of para-hydroxylation sites is 1. The van der Waals surface area contributed by atoms with Crippen LogP contribution in [0.25, 0.3) is 27.9 Å². The summed E-state index contributed by atoms with van der Waals surface area (Å²) in [6, 6.07) is 23.1. The first-order chi connectivity index (χ1) is 14.7. The maximum atomic E-state index is 13.8. The summed E-state index contributed by atoms with van der Waals surface area (Å²) in [6.07, 6.45) is 5.64. The van der Waals surface area contributed by atoms with Crippen LogP contribution in [0, 0.1) is 12.7 Å². The highest BCUT2D eigenvalue weighted by molar-refractivity contribution is 5.81. The molecular formula is C25H19FN4. The second-order valence-corrected chi connectivity index (χ2v) is 7.15. The number of halogens is 1. The van der Waals surface area contributed by atoms with Crippen molar-refractivity contribution in [3.8, 4) is 22.4 Å². The Balaban J connectivity index is 1.60. The largest absolute Gasteiger partial charge is 0.325 e. The minimum absolute atomic E-state index is 0.215. The van der Waals surface area contributed by atoms with Gasteiger partial charge in [0.1, 0.15) is 5.82 Å². The van der Waals surface area contributed by atoms with Gasteiger partial charge in [-0.15, -0.1) is 0 Å². The van der Waals surface area contributed by atoms with Gasteiger partial charge < -0.3 is 5.32 Å². The van der Waals surface area contributed by atoms with Crippen LogP contribution in [-0.2, 0) is 0 Å². The lowest BCUT2D eigenvalue weighted by Gasteiger charge is -2.11. The van der Waals surface area contributed by atoms with Crippen LogP contribution < -0.4 is 5.32 Å². The minimum Gasteiger partial charge on any atom is -0.325 e. The van der Waals surface area contributed by atoms with Crippen molar-refractivity contribution in [2.45, 2.75) is 6.92 Å². The molecule has 0 atom stereocenters. The first-order valence-corrected chi connectivity index (χ1v) is 9.70. The summed E-state index contributed by atoms with van der Waals surface area (Å²) < 4.78 is 15.8. The Morgan fingerprint density at radius 2 is 1.70 bits per heavy atom. The molecule has 0 saturated heterocycles. The molecule has 0 unspecified atom stereocenters. The normalized spacial score (nSPS) is 11.0. The summed E-state index contributed by atoms with van der Waals surface area (Å²) >= 11 is 0. The predicted molar refractivity (Wildman–Crippen MR) is 118 cm³/mol. The number of fused-ring (bicyclic) bond motifs is 1. The molecule has 3 heterocycles. The fourth-order valence-electron chi connectivity index (χ4n) is 3.55. The summed E-state index contributed by atoms with van der Waals surface area (Å²) in [5.74, 6) is 0.522. The van der Waals surface area contributed by atoms with Gasteiger partial charge in [-0.3, -0.25) is 9.38 Å². The van der Waals surface area contributed by atoms with Crippen molar-refractivity contribution < 1.29 is 4.39 Å². The molecule has 0 aliphatic rings. The van der Waals surface area contributed by atoms with Gasteiger partial charge in [-0.1, -0.05) is 30.3 Å². The van der Waals surface area contributed by atoms with Crippen LogP contribution in [0.3, 0.4) is 0 Å². The Kier molecular flexibility index (Phi) is 4.48. The van der Waals surface area contributed by atoms with Crippen LogP contribution in [0.15, 0.2) is 91.4 Å². The van der Waals surface area contributed by atoms with E-state index >= 15 is 0 Å². The summed E-state index contributed by atoms with van der Waals surface area (Å²) in [4.78, 5) is 9.11. The molecule has 0 aliphatic heterocycles. The molecule has 0 spiro atoms. The van der Waals surface area contributed by atoms with Crippen LogP contribution in [0.5, 0.6) is 0 Å². The Morgan fingerprint density at radius 3 is 2.53 bits per heavy atom. The smallest absolute Gasteiger partial charge is 0.212 e. The number of rotatable bonds is 4. The zero-order chi connectivity index (χ0) is 20.5. The Labute approximate surface area is 173 Å². The molecule has 5 aromatic rings. The standard InChI is InChI=1S/C25H19FN4/c1-17-14-18(10-12-23(17)26)24-22(8-5-13-27-24)19-9-11-21-15-28-25(30(21)16-19)29-20-6-3-2-4-7-20/h2-16H,1H3,(H,28,29). The first kappa shape index (κ1) is 18.1. The van der Waals surface area contributed by atoms with E-state index in [1.165, 1.54) is 6.07 Å². The molecule has 0 aliphatic carbocycles. The van der Waals surface area contributed by atoms with E-state index in [9.17, 15) is 4.39 Å². The number of pyridine rings is 2. The molecule has 0 radical (unpaired) electrons. The van der Waals surface area contributed by atoms with Gasteiger partial charge in [-0.05, 0) is 55.0 Å². The molecule has 146 valence electrons. The number of hydrogen-bond acceptors (Lipinski definition) is 3. The maximum absolute atomic E-state index is 13.8. The van der Waals surface area contributed by atoms with Crippen LogP contribution >= 0.6 is 0 Å². The molecule has 0 amide bonds. The van der Waals surface area contributed by atoms with Gasteiger partial charge in [0.15, 0.2) is 0 Å². The average Bonchev–Trinajstić information content (AvgIpc) is 3.18. The van der Waals surface area contributed by atoms with E-state index in [2.05, 4.69) is 21.4 Å². The van der Waals surface area contributed by atoms with Crippen molar-refractivity contribution in [2.24, 2.45) is 0 Å². The molecule has 3 aromatic heterocycles. The monoisotopic (exact) mass is 394 g/mol. The molecule has 0 bridgehead atoms. The molecule has 4 nitrogen and oxygen atoms in total. The van der Waals surface area contributed by atoms with Crippen LogP contribution in [0.4, 0.5) is 16.0 Å². The quantitative estimate of drug-likeness (QED) is 0.391. The van der Waals surface area contributed by atoms with E-state index in [1.807, 2.05) is 71.4 Å². The van der Waals surface area contributed by atoms with E-state index in [4.69, 9.17) is 0 Å². The van der Waals surface area contributed by atoms with Gasteiger partial charge in [0, 0.05) is 34.8 Å². The summed E-state index contributed by atoms with van der Waals surface area (Å²) in [5.41, 5.74) is 6.24. The minimum atomic E-state index is -0.215. The number of imidazole rings is 1. The van der Waals surface area contributed by atoms with E-state index in [0.717, 1.165) is 39.5 Å². The highest BCUT2D eigenvalue weighted by Crippen LogP contribution is 2.32. The van der Waals surface area contributed by atoms with Gasteiger partial charge in [-0.2, -0.15) is 0 Å². The summed E-state index contributed by atoms with van der Waals surface area (Å²) in [6.45, 7) is 1.76. The molecule has 2 aromatic carbocycles. The second kappa shape index (κ2) is 7.44. The second-order valence-electron chi connectivity index (χ2n) is 7.15. The topological polar surface area (TPSA) is 42.2 Å². The van der Waals surface area contributed by atoms with Crippen molar-refractivity contribution in [3.05, 3.63) is 103 Å². The molecule has 0 saturated carbocycles. The lowest BCUT2D eigenvalue weighted by molar-refractivity contribution is 0.619. The highest BCUT2D eigenvalue weighted by atomic mass is 19.1. The van der Waals surface area contributed by atoms with E-state index in [1.54, 1.807) is 19.2 Å². The molecule has 0 fully saturated rings. The first-order valence-electron chi connectivity index (χ1n) is 9.70. The van der Waals surface area contributed by atoms with Gasteiger partial charge >= 0.3 is 0 Å². The van der Waals surface area contributed by atoms with Crippen molar-refractivity contribution >= 4 is 17.2 Å². The fourth-order valence-corrected chi connectivity index (χ4v) is 3.55. The third-order valence-electron chi connectivity index (χ3n) is 5.11. The number of hydrogen-bond donors (Lipinski definition) is 1. The van der Waals surface area contributed by atoms with Gasteiger partial charge in [0.25, 0.3) is 0 Å². The molecule has 5 rings (SSSR count). The van der Waals surface area contributed by atoms with Gasteiger partial charge in [0.05, 0.1) is 17.4 Å². The third-order valence-corrected chi connectivity index (χ3v) is 5.11. The van der Waals surface area contributed by atoms with Crippen LogP contribution in [-0.4, -0.2) is 14.4 Å². The summed E-state index contributed by atoms with van der Waals surface area (Å²) in [7, 11) is 0. The third kappa shape index (κ3) is 3.31. The van der Waals surface area contributed by atoms with E-state index in [0.29, 0.717) is 5.56 Å². The molecule has 5 heteroatoms. The highest BCUT2D eigenvalue weighted by Gasteiger charge is 2.12. The zero-order valence-corrected chi connectivity index (χ0v) is 16.4. The Morgan fingerprint density at radius 1 is 0.867 bits per heavy atom. The van der Waals surface area contributed by atoms with Gasteiger partial charge in [-0.25, -0.2) is 9.37 Å².